The molecule has 3 nitrogen and oxygen atoms in total. The molecular weight excluding hydrogens is 236 g/mol. The van der Waals surface area contributed by atoms with E-state index in [2.05, 4.69) is 9.97 Å². The molecule has 3 heteroatoms. The quantitative estimate of drug-likeness (QED) is 0.570. The molecule has 0 radical (unpaired) electrons. The van der Waals surface area contributed by atoms with Gasteiger partial charge in [0.2, 0.25) is 5.78 Å². The fourth-order valence-corrected chi connectivity index (χ4v) is 1.99. The summed E-state index contributed by atoms with van der Waals surface area (Å²) in [5.74, 6) is -0.0918. The number of pyridine rings is 1. The number of carbonyl (C=O) groups is 1. The molecule has 3 rings (SSSR count). The highest BCUT2D eigenvalue weighted by atomic mass is 16.1. The van der Waals surface area contributed by atoms with E-state index in [-0.39, 0.29) is 5.78 Å². The third-order valence-corrected chi connectivity index (χ3v) is 2.95. The topological polar surface area (TPSA) is 45.8 Å². The van der Waals surface area contributed by atoms with Crippen molar-refractivity contribution in [2.75, 3.05) is 0 Å². The summed E-state index contributed by atoms with van der Waals surface area (Å²) in [6, 6.07) is 13.3. The van der Waals surface area contributed by atoms with Crippen molar-refractivity contribution < 1.29 is 4.79 Å². The Balaban J connectivity index is 1.89. The highest BCUT2D eigenvalue weighted by Gasteiger charge is 2.03. The molecule has 0 unspecified atom stereocenters. The Bertz CT molecular complexity index is 742. The molecule has 0 aliphatic carbocycles. The molecule has 19 heavy (non-hydrogen) atoms. The third kappa shape index (κ3) is 2.31. The average Bonchev–Trinajstić information content (AvgIpc) is 2.89. The second-order valence-electron chi connectivity index (χ2n) is 4.20. The van der Waals surface area contributed by atoms with E-state index in [9.17, 15) is 4.79 Å². The summed E-state index contributed by atoms with van der Waals surface area (Å²) in [5.41, 5.74) is 2.52. The van der Waals surface area contributed by atoms with Gasteiger partial charge in [0.15, 0.2) is 0 Å². The summed E-state index contributed by atoms with van der Waals surface area (Å²) in [7, 11) is 0. The van der Waals surface area contributed by atoms with E-state index in [1.54, 1.807) is 30.5 Å². The normalized spacial score (nSPS) is 11.2. The summed E-state index contributed by atoms with van der Waals surface area (Å²) in [6.07, 6.45) is 6.88. The summed E-state index contributed by atoms with van der Waals surface area (Å²) >= 11 is 0. The number of para-hydroxylation sites is 1. The van der Waals surface area contributed by atoms with Crippen molar-refractivity contribution >= 4 is 22.8 Å². The van der Waals surface area contributed by atoms with Gasteiger partial charge in [-0.05, 0) is 35.9 Å². The number of nitrogens with one attached hydrogen (secondary N) is 1. The zero-order valence-electron chi connectivity index (χ0n) is 10.2. The van der Waals surface area contributed by atoms with E-state index in [1.807, 2.05) is 36.5 Å². The molecule has 0 fully saturated rings. The van der Waals surface area contributed by atoms with Crippen LogP contribution in [0.2, 0.25) is 0 Å². The molecular formula is C16H12N2O. The Morgan fingerprint density at radius 2 is 1.95 bits per heavy atom. The molecule has 1 aromatic carbocycles. The molecule has 0 saturated heterocycles. The summed E-state index contributed by atoms with van der Waals surface area (Å²) < 4.78 is 0. The van der Waals surface area contributed by atoms with Crippen LogP contribution >= 0.6 is 0 Å². The second-order valence-corrected chi connectivity index (χ2v) is 4.20. The first kappa shape index (κ1) is 11.4. The number of aromatic amines is 1. The lowest BCUT2D eigenvalue weighted by Crippen LogP contribution is -1.96. The van der Waals surface area contributed by atoms with Gasteiger partial charge in [0.25, 0.3) is 0 Å². The maximum Gasteiger partial charge on any atom is 0.204 e. The zero-order valence-corrected chi connectivity index (χ0v) is 10.2. The summed E-state index contributed by atoms with van der Waals surface area (Å²) in [4.78, 5) is 19.1. The Labute approximate surface area is 110 Å². The average molecular weight is 248 g/mol. The van der Waals surface area contributed by atoms with Gasteiger partial charge >= 0.3 is 0 Å². The van der Waals surface area contributed by atoms with Crippen LogP contribution in [0.15, 0.2) is 60.9 Å². The van der Waals surface area contributed by atoms with Crippen LogP contribution in [0.25, 0.3) is 17.0 Å². The molecule has 0 saturated carbocycles. The largest absolute Gasteiger partial charge is 0.361 e. The fraction of sp³-hybridized carbons (Fsp3) is 0. The first-order valence-corrected chi connectivity index (χ1v) is 6.04. The molecule has 0 aliphatic rings. The number of hydrogen-bond acceptors (Lipinski definition) is 2. The highest BCUT2D eigenvalue weighted by molar-refractivity contribution is 6.06. The minimum atomic E-state index is -0.0918. The monoisotopic (exact) mass is 248 g/mol. The second kappa shape index (κ2) is 4.90. The molecule has 0 bridgehead atoms. The van der Waals surface area contributed by atoms with E-state index in [4.69, 9.17) is 0 Å². The van der Waals surface area contributed by atoms with Crippen molar-refractivity contribution in [3.63, 3.8) is 0 Å². The molecule has 0 aliphatic heterocycles. The van der Waals surface area contributed by atoms with Gasteiger partial charge in [-0.3, -0.25) is 9.78 Å². The number of hydrogen-bond donors (Lipinski definition) is 1. The minimum absolute atomic E-state index is 0.0918. The lowest BCUT2D eigenvalue weighted by Gasteiger charge is -1.93. The predicted molar refractivity (Wildman–Crippen MR) is 75.9 cm³/mol. The molecule has 3 aromatic rings. The number of carbonyl (C=O) groups excluding carboxylic acids is 1. The molecule has 0 atom stereocenters. The first-order chi connectivity index (χ1) is 9.34. The van der Waals surface area contributed by atoms with Crippen molar-refractivity contribution in [3.05, 3.63) is 72.2 Å². The van der Waals surface area contributed by atoms with Gasteiger partial charge < -0.3 is 4.98 Å². The van der Waals surface area contributed by atoms with Crippen molar-refractivity contribution in [3.8, 4) is 0 Å². The van der Waals surface area contributed by atoms with Gasteiger partial charge in [0.05, 0.1) is 0 Å². The third-order valence-electron chi connectivity index (χ3n) is 2.95. The first-order valence-electron chi connectivity index (χ1n) is 6.04. The van der Waals surface area contributed by atoms with Gasteiger partial charge in [-0.1, -0.05) is 24.3 Å². The van der Waals surface area contributed by atoms with Crippen molar-refractivity contribution in [1.29, 1.82) is 0 Å². The Morgan fingerprint density at radius 1 is 1.11 bits per heavy atom. The maximum atomic E-state index is 11.9. The number of nitrogens with zero attached hydrogens (tertiary/aromatic N) is 1. The summed E-state index contributed by atoms with van der Waals surface area (Å²) in [5, 5.41) is 1.10. The molecule has 2 heterocycles. The standard InChI is InChI=1S/C16H12N2O/c19-16(15-7-3-4-10-17-15)9-8-12-11-18-14-6-2-1-5-13(12)14/h1-11,18H/b9-8+. The van der Waals surface area contributed by atoms with Crippen LogP contribution in [0.5, 0.6) is 0 Å². The van der Waals surface area contributed by atoms with Crippen molar-refractivity contribution in [2.45, 2.75) is 0 Å². The lowest BCUT2D eigenvalue weighted by molar-refractivity contribution is 0.104. The molecule has 0 spiro atoms. The van der Waals surface area contributed by atoms with Gasteiger partial charge in [-0.25, -0.2) is 0 Å². The Kier molecular flexibility index (Phi) is 2.94. The maximum absolute atomic E-state index is 11.9. The van der Waals surface area contributed by atoms with Gasteiger partial charge in [0.1, 0.15) is 5.69 Å². The fourth-order valence-electron chi connectivity index (χ4n) is 1.99. The zero-order chi connectivity index (χ0) is 13.1. The predicted octanol–water partition coefficient (Wildman–Crippen LogP) is 3.46. The SMILES string of the molecule is O=C(/C=C/c1c[nH]c2ccccc12)c1ccccn1. The van der Waals surface area contributed by atoms with E-state index in [0.29, 0.717) is 5.69 Å². The van der Waals surface area contributed by atoms with Gasteiger partial charge in [-0.15, -0.1) is 0 Å². The van der Waals surface area contributed by atoms with Crippen LogP contribution in [0.1, 0.15) is 16.1 Å². The lowest BCUT2D eigenvalue weighted by atomic mass is 10.1. The minimum Gasteiger partial charge on any atom is -0.361 e. The van der Waals surface area contributed by atoms with Crippen LogP contribution in [-0.4, -0.2) is 15.8 Å². The van der Waals surface area contributed by atoms with Crippen LogP contribution in [0, 0.1) is 0 Å². The van der Waals surface area contributed by atoms with Crippen molar-refractivity contribution in [2.24, 2.45) is 0 Å². The number of fused-ring (bicyclic) bond motifs is 1. The smallest absolute Gasteiger partial charge is 0.204 e. The molecule has 92 valence electrons. The van der Waals surface area contributed by atoms with Crippen molar-refractivity contribution in [1.82, 2.24) is 9.97 Å². The highest BCUT2D eigenvalue weighted by Crippen LogP contribution is 2.18. The number of ketones is 1. The Morgan fingerprint density at radius 3 is 2.79 bits per heavy atom. The molecule has 1 N–H and O–H groups in total. The number of rotatable bonds is 3. The van der Waals surface area contributed by atoms with E-state index >= 15 is 0 Å². The number of benzene rings is 1. The van der Waals surface area contributed by atoms with Crippen LogP contribution in [0.3, 0.4) is 0 Å². The van der Waals surface area contributed by atoms with Gasteiger partial charge in [0, 0.05) is 23.3 Å². The van der Waals surface area contributed by atoms with E-state index < -0.39 is 0 Å². The molecule has 0 amide bonds. The van der Waals surface area contributed by atoms with E-state index in [1.165, 1.54) is 0 Å². The van der Waals surface area contributed by atoms with Crippen LogP contribution in [0.4, 0.5) is 0 Å². The van der Waals surface area contributed by atoms with Crippen LogP contribution in [-0.2, 0) is 0 Å². The van der Waals surface area contributed by atoms with Crippen LogP contribution < -0.4 is 0 Å². The Hall–Kier alpha value is -2.68. The summed E-state index contributed by atoms with van der Waals surface area (Å²) in [6.45, 7) is 0. The van der Waals surface area contributed by atoms with E-state index in [0.717, 1.165) is 16.5 Å². The number of H-pyrrole nitrogens is 1. The number of allylic oxidation sites excluding steroid dienone is 1. The molecule has 2 aromatic heterocycles. The number of aromatic nitrogens is 2. The van der Waals surface area contributed by atoms with Gasteiger partial charge in [-0.2, -0.15) is 0 Å².